The predicted molar refractivity (Wildman–Crippen MR) is 77.7 cm³/mol. The monoisotopic (exact) mass is 324 g/mol. The van der Waals surface area contributed by atoms with E-state index < -0.39 is 28.3 Å². The number of sulfone groups is 1. The van der Waals surface area contributed by atoms with Crippen LogP contribution in [0.1, 0.15) is 23.7 Å². The van der Waals surface area contributed by atoms with Crippen LogP contribution in [0.5, 0.6) is 0 Å². The van der Waals surface area contributed by atoms with Gasteiger partial charge in [-0.05, 0) is 12.1 Å². The van der Waals surface area contributed by atoms with Crippen LogP contribution in [-0.2, 0) is 19.4 Å². The van der Waals surface area contributed by atoms with Crippen LogP contribution in [0, 0.1) is 11.3 Å². The Hall–Kier alpha value is -2.40. The van der Waals surface area contributed by atoms with Crippen molar-refractivity contribution >= 4 is 21.7 Å². The maximum absolute atomic E-state index is 11.9. The minimum atomic E-state index is -3.57. The van der Waals surface area contributed by atoms with E-state index in [1.807, 2.05) is 6.07 Å². The lowest BCUT2D eigenvalue weighted by Gasteiger charge is -2.09. The van der Waals surface area contributed by atoms with Gasteiger partial charge in [-0.3, -0.25) is 4.79 Å². The highest BCUT2D eigenvalue weighted by Crippen LogP contribution is 2.17. The summed E-state index contributed by atoms with van der Waals surface area (Å²) >= 11 is 0. The molecule has 8 heteroatoms. The van der Waals surface area contributed by atoms with Crippen molar-refractivity contribution in [2.24, 2.45) is 0 Å². The second-order valence-electron chi connectivity index (χ2n) is 4.23. The highest BCUT2D eigenvalue weighted by molar-refractivity contribution is 7.91. The second-order valence-corrected chi connectivity index (χ2v) is 6.48. The van der Waals surface area contributed by atoms with Gasteiger partial charge in [0, 0.05) is 6.54 Å². The van der Waals surface area contributed by atoms with E-state index in [1.165, 1.54) is 31.2 Å². The van der Waals surface area contributed by atoms with Crippen LogP contribution in [0.15, 0.2) is 29.2 Å². The van der Waals surface area contributed by atoms with Gasteiger partial charge in [0.05, 0.1) is 28.7 Å². The van der Waals surface area contributed by atoms with Crippen LogP contribution in [0.4, 0.5) is 0 Å². The van der Waals surface area contributed by atoms with Crippen molar-refractivity contribution in [2.75, 3.05) is 18.9 Å². The Morgan fingerprint density at radius 2 is 2.00 bits per heavy atom. The van der Waals surface area contributed by atoms with Gasteiger partial charge < -0.3 is 10.1 Å². The molecule has 1 N–H and O–H groups in total. The number of ether oxygens (including phenoxy) is 1. The summed E-state index contributed by atoms with van der Waals surface area (Å²) in [6, 6.07) is 7.53. The molecule has 0 atom stereocenters. The summed E-state index contributed by atoms with van der Waals surface area (Å²) in [5, 5.41) is 10.7. The summed E-state index contributed by atoms with van der Waals surface area (Å²) < 4.78 is 28.6. The van der Waals surface area contributed by atoms with Crippen molar-refractivity contribution < 1.29 is 22.7 Å². The molecule has 0 bridgehead atoms. The van der Waals surface area contributed by atoms with Crippen molar-refractivity contribution in [2.45, 2.75) is 18.2 Å². The van der Waals surface area contributed by atoms with Crippen molar-refractivity contribution in [3.8, 4) is 6.07 Å². The van der Waals surface area contributed by atoms with E-state index in [-0.39, 0.29) is 29.2 Å². The van der Waals surface area contributed by atoms with E-state index in [0.29, 0.717) is 0 Å². The number of carbonyl (C=O) groups is 2. The molecule has 1 amide bonds. The van der Waals surface area contributed by atoms with Gasteiger partial charge in [-0.15, -0.1) is 0 Å². The summed E-state index contributed by atoms with van der Waals surface area (Å²) in [4.78, 5) is 23.2. The van der Waals surface area contributed by atoms with E-state index in [0.717, 1.165) is 0 Å². The third-order valence-corrected chi connectivity index (χ3v) is 4.50. The molecule has 0 radical (unpaired) electrons. The third-order valence-electron chi connectivity index (χ3n) is 2.72. The lowest BCUT2D eigenvalue weighted by molar-refractivity contribution is -0.124. The number of hydrogen-bond acceptors (Lipinski definition) is 6. The molecular weight excluding hydrogens is 308 g/mol. The number of nitrogens with zero attached hydrogens (tertiary/aromatic N) is 1. The van der Waals surface area contributed by atoms with E-state index in [2.05, 4.69) is 5.32 Å². The van der Waals surface area contributed by atoms with Gasteiger partial charge in [-0.25, -0.2) is 13.2 Å². The topological polar surface area (TPSA) is 113 Å². The quantitative estimate of drug-likeness (QED) is 0.582. The number of hydrogen-bond donors (Lipinski definition) is 1. The standard InChI is InChI=1S/C14H16N2O5S/c1-2-22(19,20)12-7-4-3-6-11(12)14(18)21-10-13(17)16-9-5-8-15/h3-4,6-7H,2,5,9-10H2,1H3,(H,16,17). The van der Waals surface area contributed by atoms with Gasteiger partial charge in [0.2, 0.25) is 0 Å². The fraction of sp³-hybridized carbons (Fsp3) is 0.357. The number of rotatable bonds is 7. The number of amides is 1. The van der Waals surface area contributed by atoms with Gasteiger partial charge in [-0.1, -0.05) is 19.1 Å². The number of carbonyl (C=O) groups excluding carboxylic acids is 2. The number of esters is 1. The third kappa shape index (κ3) is 4.86. The molecule has 0 fully saturated rings. The Kier molecular flexibility index (Phi) is 6.53. The molecule has 0 aromatic heterocycles. The van der Waals surface area contributed by atoms with Crippen LogP contribution in [0.2, 0.25) is 0 Å². The molecule has 0 aliphatic rings. The molecule has 0 spiro atoms. The maximum Gasteiger partial charge on any atom is 0.339 e. The lowest BCUT2D eigenvalue weighted by atomic mass is 10.2. The fourth-order valence-corrected chi connectivity index (χ4v) is 2.66. The summed E-state index contributed by atoms with van der Waals surface area (Å²) in [5.74, 6) is -1.59. The van der Waals surface area contributed by atoms with E-state index in [4.69, 9.17) is 10.00 Å². The summed E-state index contributed by atoms with van der Waals surface area (Å²) in [7, 11) is -3.57. The summed E-state index contributed by atoms with van der Waals surface area (Å²) in [5.41, 5.74) is -0.103. The Balaban J connectivity index is 2.75. The second kappa shape index (κ2) is 8.14. The lowest BCUT2D eigenvalue weighted by Crippen LogP contribution is -2.29. The van der Waals surface area contributed by atoms with Crippen molar-refractivity contribution in [1.82, 2.24) is 5.32 Å². The van der Waals surface area contributed by atoms with Gasteiger partial charge in [0.15, 0.2) is 16.4 Å². The normalized spacial score (nSPS) is 10.5. The van der Waals surface area contributed by atoms with Crippen LogP contribution in [-0.4, -0.2) is 39.2 Å². The molecule has 22 heavy (non-hydrogen) atoms. The molecule has 1 aromatic rings. The van der Waals surface area contributed by atoms with Gasteiger partial charge in [-0.2, -0.15) is 5.26 Å². The van der Waals surface area contributed by atoms with Crippen LogP contribution in [0.25, 0.3) is 0 Å². The number of nitrogens with one attached hydrogen (secondary N) is 1. The van der Waals surface area contributed by atoms with E-state index in [9.17, 15) is 18.0 Å². The van der Waals surface area contributed by atoms with Crippen molar-refractivity contribution in [3.63, 3.8) is 0 Å². The minimum Gasteiger partial charge on any atom is -0.452 e. The van der Waals surface area contributed by atoms with Crippen molar-refractivity contribution in [3.05, 3.63) is 29.8 Å². The van der Waals surface area contributed by atoms with Crippen LogP contribution < -0.4 is 5.32 Å². The highest BCUT2D eigenvalue weighted by atomic mass is 32.2. The molecule has 0 heterocycles. The van der Waals surface area contributed by atoms with Crippen molar-refractivity contribution in [1.29, 1.82) is 5.26 Å². The largest absolute Gasteiger partial charge is 0.452 e. The smallest absolute Gasteiger partial charge is 0.339 e. The Labute approximate surface area is 128 Å². The summed E-state index contributed by atoms with van der Waals surface area (Å²) in [6.45, 7) is 1.10. The van der Waals surface area contributed by atoms with E-state index >= 15 is 0 Å². The predicted octanol–water partition coefficient (Wildman–Crippen LogP) is 0.667. The first-order valence-corrected chi connectivity index (χ1v) is 8.20. The Morgan fingerprint density at radius 1 is 1.32 bits per heavy atom. The minimum absolute atomic E-state index is 0.103. The zero-order valence-corrected chi connectivity index (χ0v) is 12.9. The SMILES string of the molecule is CCS(=O)(=O)c1ccccc1C(=O)OCC(=O)NCCC#N. The van der Waals surface area contributed by atoms with Gasteiger partial charge in [0.1, 0.15) is 0 Å². The number of nitriles is 1. The molecule has 0 saturated carbocycles. The molecule has 0 aliphatic heterocycles. The first-order valence-electron chi connectivity index (χ1n) is 6.55. The van der Waals surface area contributed by atoms with E-state index in [1.54, 1.807) is 0 Å². The van der Waals surface area contributed by atoms with Crippen LogP contribution >= 0.6 is 0 Å². The van der Waals surface area contributed by atoms with Crippen LogP contribution in [0.3, 0.4) is 0 Å². The highest BCUT2D eigenvalue weighted by Gasteiger charge is 2.21. The molecule has 0 aliphatic carbocycles. The molecule has 7 nitrogen and oxygen atoms in total. The van der Waals surface area contributed by atoms with Gasteiger partial charge >= 0.3 is 5.97 Å². The van der Waals surface area contributed by atoms with Gasteiger partial charge in [0.25, 0.3) is 5.91 Å². The summed E-state index contributed by atoms with van der Waals surface area (Å²) in [6.07, 6.45) is 0.150. The zero-order chi connectivity index (χ0) is 16.6. The fourth-order valence-electron chi connectivity index (χ4n) is 1.58. The first-order chi connectivity index (χ1) is 10.4. The Bertz CT molecular complexity index is 691. The average Bonchev–Trinajstić information content (AvgIpc) is 2.52. The number of benzene rings is 1. The molecule has 0 unspecified atom stereocenters. The first kappa shape index (κ1) is 17.7. The molecule has 1 rings (SSSR count). The molecule has 0 saturated heterocycles. The molecule has 118 valence electrons. The Morgan fingerprint density at radius 3 is 2.64 bits per heavy atom. The zero-order valence-electron chi connectivity index (χ0n) is 12.0. The molecule has 1 aromatic carbocycles. The average molecular weight is 324 g/mol. The molecular formula is C14H16N2O5S. The maximum atomic E-state index is 11.9.